The zero-order valence-electron chi connectivity index (χ0n) is 14.3. The lowest BCUT2D eigenvalue weighted by Gasteiger charge is -2.13. The molecule has 0 saturated heterocycles. The summed E-state index contributed by atoms with van der Waals surface area (Å²) in [5.74, 6) is -1.44. The number of amides is 1. The molecular weight excluding hydrogens is 350 g/mol. The fourth-order valence-corrected chi connectivity index (χ4v) is 2.14. The largest absolute Gasteiger partial charge is 0.449 e. The van der Waals surface area contributed by atoms with Crippen LogP contribution in [0.25, 0.3) is 6.08 Å². The van der Waals surface area contributed by atoms with Gasteiger partial charge < -0.3 is 10.1 Å². The van der Waals surface area contributed by atoms with E-state index in [0.717, 1.165) is 6.08 Å². The van der Waals surface area contributed by atoms with Crippen molar-refractivity contribution in [2.24, 2.45) is 0 Å². The fourth-order valence-electron chi connectivity index (χ4n) is 2.14. The number of rotatable bonds is 6. The maximum Gasteiger partial charge on any atom is 0.331 e. The van der Waals surface area contributed by atoms with Crippen molar-refractivity contribution < 1.29 is 19.2 Å². The summed E-state index contributed by atoms with van der Waals surface area (Å²) in [5, 5.41) is 22.5. The predicted octanol–water partition coefficient (Wildman–Crippen LogP) is 3.05. The van der Waals surface area contributed by atoms with Gasteiger partial charge in [-0.2, -0.15) is 5.26 Å². The topological polar surface area (TPSA) is 122 Å². The highest BCUT2D eigenvalue weighted by Gasteiger charge is 2.18. The Kier molecular flexibility index (Phi) is 6.39. The first-order valence-corrected chi connectivity index (χ1v) is 7.84. The highest BCUT2D eigenvalue weighted by atomic mass is 16.6. The molecule has 2 rings (SSSR count). The lowest BCUT2D eigenvalue weighted by atomic mass is 10.1. The summed E-state index contributed by atoms with van der Waals surface area (Å²) in [6.07, 6.45) is 1.13. The van der Waals surface area contributed by atoms with Gasteiger partial charge in [-0.3, -0.25) is 14.9 Å². The van der Waals surface area contributed by atoms with Crippen molar-refractivity contribution in [2.75, 3.05) is 5.32 Å². The van der Waals surface area contributed by atoms with E-state index in [4.69, 9.17) is 10.00 Å². The number of hydrogen-bond donors (Lipinski definition) is 1. The second-order valence-electron chi connectivity index (χ2n) is 5.38. The Morgan fingerprint density at radius 2 is 1.89 bits per heavy atom. The molecule has 0 aliphatic heterocycles. The van der Waals surface area contributed by atoms with Gasteiger partial charge in [-0.1, -0.05) is 24.3 Å². The van der Waals surface area contributed by atoms with E-state index in [9.17, 15) is 19.7 Å². The van der Waals surface area contributed by atoms with Gasteiger partial charge in [0.2, 0.25) is 0 Å². The number of anilines is 1. The van der Waals surface area contributed by atoms with E-state index in [2.05, 4.69) is 5.32 Å². The standard InChI is InChI=1S/C19H15N3O5/c1-13(19(24)21-16-8-4-2-7-15(16)12-20)27-18(23)11-10-14-6-3-5-9-17(14)22(25)26/h2-11,13H,1H3,(H,21,24)/b11-10+/t13-/m1/s1. The number of nitro groups is 1. The van der Waals surface area contributed by atoms with Crippen LogP contribution in [0.4, 0.5) is 11.4 Å². The molecule has 1 N–H and O–H groups in total. The van der Waals surface area contributed by atoms with Crippen LogP contribution in [-0.4, -0.2) is 22.9 Å². The van der Waals surface area contributed by atoms with Crippen LogP contribution < -0.4 is 5.32 Å². The fraction of sp³-hybridized carbons (Fsp3) is 0.105. The van der Waals surface area contributed by atoms with Crippen LogP contribution in [0.15, 0.2) is 54.6 Å². The van der Waals surface area contributed by atoms with Crippen LogP contribution in [0.1, 0.15) is 18.1 Å². The van der Waals surface area contributed by atoms with Crippen LogP contribution in [-0.2, 0) is 14.3 Å². The van der Waals surface area contributed by atoms with Gasteiger partial charge in [0.25, 0.3) is 11.6 Å². The van der Waals surface area contributed by atoms with Crippen molar-refractivity contribution in [1.82, 2.24) is 0 Å². The van der Waals surface area contributed by atoms with E-state index in [1.807, 2.05) is 6.07 Å². The van der Waals surface area contributed by atoms with E-state index in [-0.39, 0.29) is 16.8 Å². The first-order valence-electron chi connectivity index (χ1n) is 7.84. The summed E-state index contributed by atoms with van der Waals surface area (Å²) in [7, 11) is 0. The molecule has 136 valence electrons. The molecule has 0 unspecified atom stereocenters. The van der Waals surface area contributed by atoms with Crippen molar-refractivity contribution in [1.29, 1.82) is 5.26 Å². The van der Waals surface area contributed by atoms with Crippen molar-refractivity contribution in [3.63, 3.8) is 0 Å². The Hall–Kier alpha value is -3.99. The number of carbonyl (C=O) groups excluding carboxylic acids is 2. The first kappa shape index (κ1) is 19.3. The third-order valence-corrected chi connectivity index (χ3v) is 3.50. The summed E-state index contributed by atoms with van der Waals surface area (Å²) in [6.45, 7) is 1.38. The molecule has 2 aromatic carbocycles. The molecule has 1 atom stereocenters. The minimum atomic E-state index is -1.13. The van der Waals surface area contributed by atoms with Crippen molar-refractivity contribution >= 4 is 29.3 Å². The number of nitriles is 1. The predicted molar refractivity (Wildman–Crippen MR) is 97.5 cm³/mol. The molecule has 0 spiro atoms. The molecular formula is C19H15N3O5. The molecule has 0 heterocycles. The zero-order chi connectivity index (χ0) is 19.8. The molecule has 0 saturated carbocycles. The molecule has 0 aliphatic rings. The molecule has 8 heteroatoms. The second kappa shape index (κ2) is 8.92. The Labute approximate surface area is 154 Å². The molecule has 2 aromatic rings. The quantitative estimate of drug-likeness (QED) is 0.363. The van der Waals surface area contributed by atoms with Crippen LogP contribution in [0.2, 0.25) is 0 Å². The monoisotopic (exact) mass is 365 g/mol. The molecule has 0 aliphatic carbocycles. The summed E-state index contributed by atoms with van der Waals surface area (Å²) < 4.78 is 4.99. The number of esters is 1. The SMILES string of the molecule is C[C@@H](OC(=O)/C=C/c1ccccc1[N+](=O)[O-])C(=O)Nc1ccccc1C#N. The summed E-state index contributed by atoms with van der Waals surface area (Å²) in [5.41, 5.74) is 0.670. The summed E-state index contributed by atoms with van der Waals surface area (Å²) in [4.78, 5) is 34.4. The van der Waals surface area contributed by atoms with Crippen molar-refractivity contribution in [3.8, 4) is 6.07 Å². The molecule has 0 aromatic heterocycles. The normalized spacial score (nSPS) is 11.4. The minimum Gasteiger partial charge on any atom is -0.449 e. The number of carbonyl (C=O) groups is 2. The number of nitro benzene ring substituents is 1. The maximum absolute atomic E-state index is 12.1. The average Bonchev–Trinajstić information content (AvgIpc) is 2.66. The van der Waals surface area contributed by atoms with Gasteiger partial charge in [0, 0.05) is 12.1 Å². The Bertz CT molecular complexity index is 946. The van der Waals surface area contributed by atoms with Gasteiger partial charge in [0.05, 0.1) is 21.7 Å². The molecule has 8 nitrogen and oxygen atoms in total. The highest BCUT2D eigenvalue weighted by Crippen LogP contribution is 2.19. The van der Waals surface area contributed by atoms with Gasteiger partial charge in [-0.25, -0.2) is 4.79 Å². The van der Waals surface area contributed by atoms with E-state index >= 15 is 0 Å². The number of ether oxygens (including phenoxy) is 1. The lowest BCUT2D eigenvalue weighted by Crippen LogP contribution is -2.29. The Morgan fingerprint density at radius 3 is 2.59 bits per heavy atom. The van der Waals surface area contributed by atoms with Crippen molar-refractivity contribution in [2.45, 2.75) is 13.0 Å². The summed E-state index contributed by atoms with van der Waals surface area (Å²) >= 11 is 0. The third kappa shape index (κ3) is 5.24. The average molecular weight is 365 g/mol. The number of benzene rings is 2. The maximum atomic E-state index is 12.1. The zero-order valence-corrected chi connectivity index (χ0v) is 14.3. The van der Waals surface area contributed by atoms with E-state index in [1.54, 1.807) is 30.3 Å². The van der Waals surface area contributed by atoms with E-state index in [0.29, 0.717) is 5.69 Å². The summed E-state index contributed by atoms with van der Waals surface area (Å²) in [6, 6.07) is 14.3. The highest BCUT2D eigenvalue weighted by molar-refractivity contribution is 5.97. The number of nitrogens with one attached hydrogen (secondary N) is 1. The lowest BCUT2D eigenvalue weighted by molar-refractivity contribution is -0.385. The Morgan fingerprint density at radius 1 is 1.22 bits per heavy atom. The number of para-hydroxylation sites is 2. The minimum absolute atomic E-state index is 0.152. The van der Waals surface area contributed by atoms with Gasteiger partial charge in [-0.15, -0.1) is 0 Å². The van der Waals surface area contributed by atoms with Crippen LogP contribution in [0.3, 0.4) is 0 Å². The van der Waals surface area contributed by atoms with E-state index in [1.165, 1.54) is 31.2 Å². The van der Waals surface area contributed by atoms with Crippen LogP contribution in [0.5, 0.6) is 0 Å². The van der Waals surface area contributed by atoms with Gasteiger partial charge >= 0.3 is 5.97 Å². The number of nitrogens with zero attached hydrogens (tertiary/aromatic N) is 2. The first-order chi connectivity index (χ1) is 12.9. The van der Waals surface area contributed by atoms with Crippen LogP contribution in [0, 0.1) is 21.4 Å². The molecule has 0 fully saturated rings. The van der Waals surface area contributed by atoms with E-state index < -0.39 is 22.9 Å². The third-order valence-electron chi connectivity index (χ3n) is 3.50. The smallest absolute Gasteiger partial charge is 0.331 e. The van der Waals surface area contributed by atoms with Crippen LogP contribution >= 0.6 is 0 Å². The van der Waals surface area contributed by atoms with Gasteiger partial charge in [-0.05, 0) is 31.2 Å². The molecule has 27 heavy (non-hydrogen) atoms. The molecule has 0 bridgehead atoms. The van der Waals surface area contributed by atoms with Gasteiger partial charge in [0.15, 0.2) is 6.10 Å². The number of hydrogen-bond acceptors (Lipinski definition) is 6. The molecule has 0 radical (unpaired) electrons. The Balaban J connectivity index is 2.00. The van der Waals surface area contributed by atoms with Crippen molar-refractivity contribution in [3.05, 3.63) is 75.8 Å². The van der Waals surface area contributed by atoms with Gasteiger partial charge in [0.1, 0.15) is 6.07 Å². The molecule has 1 amide bonds. The second-order valence-corrected chi connectivity index (χ2v) is 5.38.